The summed E-state index contributed by atoms with van der Waals surface area (Å²) < 4.78 is 18.6. The van der Waals surface area contributed by atoms with Crippen LogP contribution < -0.4 is 4.90 Å². The summed E-state index contributed by atoms with van der Waals surface area (Å²) in [5.41, 5.74) is 2.55. The molecule has 0 radical (unpaired) electrons. The SMILES string of the molecule is COC(=O)c1c(C)[nH]c(C(=O)[C@H](C)[NH+](C)Cc2ccccc2F)c1C. The Morgan fingerprint density at radius 3 is 2.52 bits per heavy atom. The predicted molar refractivity (Wildman–Crippen MR) is 92.4 cm³/mol. The number of halogens is 1. The van der Waals surface area contributed by atoms with Gasteiger partial charge in [-0.25, -0.2) is 9.18 Å². The number of Topliss-reactive ketones (excluding diaryl/α,β-unsaturated/α-hetero) is 1. The van der Waals surface area contributed by atoms with E-state index in [1.807, 2.05) is 7.05 Å². The molecule has 0 aliphatic heterocycles. The quantitative estimate of drug-likeness (QED) is 0.619. The normalized spacial score (nSPS) is 13.4. The Bertz CT molecular complexity index is 798. The molecule has 1 unspecified atom stereocenters. The number of aryl methyl sites for hydroxylation is 1. The number of methoxy groups -OCH3 is 1. The minimum absolute atomic E-state index is 0.121. The number of hydrogen-bond donors (Lipinski definition) is 2. The van der Waals surface area contributed by atoms with E-state index in [9.17, 15) is 14.0 Å². The fraction of sp³-hybridized carbons (Fsp3) is 0.368. The highest BCUT2D eigenvalue weighted by Crippen LogP contribution is 2.20. The van der Waals surface area contributed by atoms with Crippen molar-refractivity contribution < 1.29 is 23.6 Å². The topological polar surface area (TPSA) is 63.6 Å². The number of quaternary nitrogens is 1. The highest BCUT2D eigenvalue weighted by molar-refractivity contribution is 6.03. The Balaban J connectivity index is 2.22. The first-order valence-corrected chi connectivity index (χ1v) is 8.15. The number of H-pyrrole nitrogens is 1. The van der Waals surface area contributed by atoms with Crippen LogP contribution in [0.15, 0.2) is 24.3 Å². The lowest BCUT2D eigenvalue weighted by molar-refractivity contribution is -0.907. The fourth-order valence-electron chi connectivity index (χ4n) is 2.94. The number of benzene rings is 1. The molecule has 0 fully saturated rings. The van der Waals surface area contributed by atoms with E-state index in [1.54, 1.807) is 39.0 Å². The van der Waals surface area contributed by atoms with Gasteiger partial charge in [0.1, 0.15) is 12.4 Å². The summed E-state index contributed by atoms with van der Waals surface area (Å²) in [6, 6.07) is 6.15. The van der Waals surface area contributed by atoms with Crippen LogP contribution >= 0.6 is 0 Å². The molecule has 25 heavy (non-hydrogen) atoms. The first-order chi connectivity index (χ1) is 11.8. The molecule has 0 saturated carbocycles. The highest BCUT2D eigenvalue weighted by Gasteiger charge is 2.29. The van der Waals surface area contributed by atoms with E-state index < -0.39 is 12.0 Å². The molecule has 2 atom stereocenters. The molecule has 0 amide bonds. The molecule has 134 valence electrons. The zero-order chi connectivity index (χ0) is 18.7. The Morgan fingerprint density at radius 2 is 1.92 bits per heavy atom. The molecule has 2 N–H and O–H groups in total. The van der Waals surface area contributed by atoms with Gasteiger partial charge < -0.3 is 14.6 Å². The van der Waals surface area contributed by atoms with Gasteiger partial charge >= 0.3 is 5.97 Å². The van der Waals surface area contributed by atoms with Crippen LogP contribution in [0.2, 0.25) is 0 Å². The Kier molecular flexibility index (Phi) is 5.74. The second-order valence-corrected chi connectivity index (χ2v) is 6.32. The second-order valence-electron chi connectivity index (χ2n) is 6.32. The fourth-order valence-corrected chi connectivity index (χ4v) is 2.94. The maximum atomic E-state index is 13.8. The molecule has 0 bridgehead atoms. The van der Waals surface area contributed by atoms with Crippen molar-refractivity contribution in [1.82, 2.24) is 4.98 Å². The molecule has 5 nitrogen and oxygen atoms in total. The summed E-state index contributed by atoms with van der Waals surface area (Å²) in [5.74, 6) is -0.865. The number of carbonyl (C=O) groups excluding carboxylic acids is 2. The molecule has 0 aliphatic carbocycles. The van der Waals surface area contributed by atoms with E-state index in [0.717, 1.165) is 4.90 Å². The molecule has 2 rings (SSSR count). The third kappa shape index (κ3) is 3.79. The molecule has 0 spiro atoms. The number of aromatic amines is 1. The third-order valence-corrected chi connectivity index (χ3v) is 4.63. The zero-order valence-corrected chi connectivity index (χ0v) is 15.2. The van der Waals surface area contributed by atoms with Gasteiger partial charge in [-0.1, -0.05) is 18.2 Å². The van der Waals surface area contributed by atoms with E-state index >= 15 is 0 Å². The van der Waals surface area contributed by atoms with Crippen LogP contribution in [-0.4, -0.2) is 36.9 Å². The predicted octanol–water partition coefficient (Wildman–Crippen LogP) is 1.84. The van der Waals surface area contributed by atoms with Gasteiger partial charge in [0.15, 0.2) is 6.04 Å². The van der Waals surface area contributed by atoms with Crippen LogP contribution in [0.4, 0.5) is 4.39 Å². The van der Waals surface area contributed by atoms with Crippen LogP contribution in [0.1, 0.15) is 44.6 Å². The molecule has 2 aromatic rings. The van der Waals surface area contributed by atoms with Crippen molar-refractivity contribution in [2.45, 2.75) is 33.4 Å². The lowest BCUT2D eigenvalue weighted by Crippen LogP contribution is -3.12. The van der Waals surface area contributed by atoms with Crippen molar-refractivity contribution in [3.8, 4) is 0 Å². The van der Waals surface area contributed by atoms with Crippen LogP contribution in [0.3, 0.4) is 0 Å². The summed E-state index contributed by atoms with van der Waals surface area (Å²) in [5, 5.41) is 0. The van der Waals surface area contributed by atoms with Gasteiger partial charge in [-0.3, -0.25) is 4.79 Å². The molecule has 6 heteroatoms. The number of ether oxygens (including phenoxy) is 1. The van der Waals surface area contributed by atoms with Crippen LogP contribution in [0.25, 0.3) is 0 Å². The van der Waals surface area contributed by atoms with Crippen molar-refractivity contribution in [2.75, 3.05) is 14.2 Å². The maximum Gasteiger partial charge on any atom is 0.339 e. The van der Waals surface area contributed by atoms with E-state index in [4.69, 9.17) is 4.74 Å². The van der Waals surface area contributed by atoms with Crippen LogP contribution in [0.5, 0.6) is 0 Å². The van der Waals surface area contributed by atoms with Crippen molar-refractivity contribution in [3.63, 3.8) is 0 Å². The maximum absolute atomic E-state index is 13.8. The average Bonchev–Trinajstić information content (AvgIpc) is 2.89. The third-order valence-electron chi connectivity index (χ3n) is 4.63. The smallest absolute Gasteiger partial charge is 0.339 e. The molecule has 1 aromatic carbocycles. The van der Waals surface area contributed by atoms with E-state index in [1.165, 1.54) is 13.2 Å². The Morgan fingerprint density at radius 1 is 1.28 bits per heavy atom. The minimum Gasteiger partial charge on any atom is -0.465 e. The highest BCUT2D eigenvalue weighted by atomic mass is 19.1. The van der Waals surface area contributed by atoms with Gasteiger partial charge in [-0.2, -0.15) is 0 Å². The zero-order valence-electron chi connectivity index (χ0n) is 15.2. The number of rotatable bonds is 6. The van der Waals surface area contributed by atoms with Gasteiger partial charge in [0.05, 0.1) is 25.4 Å². The number of likely N-dealkylation sites (N-methyl/N-ethyl adjacent to an activating group) is 1. The second kappa shape index (κ2) is 7.61. The lowest BCUT2D eigenvalue weighted by Gasteiger charge is -2.21. The summed E-state index contributed by atoms with van der Waals surface area (Å²) in [4.78, 5) is 28.6. The van der Waals surface area contributed by atoms with E-state index in [0.29, 0.717) is 34.6 Å². The van der Waals surface area contributed by atoms with Gasteiger partial charge in [0.2, 0.25) is 5.78 Å². The monoisotopic (exact) mass is 347 g/mol. The summed E-state index contributed by atoms with van der Waals surface area (Å²) >= 11 is 0. The van der Waals surface area contributed by atoms with Crippen LogP contribution in [-0.2, 0) is 11.3 Å². The molecular formula is C19H24FN2O3+. The first-order valence-electron chi connectivity index (χ1n) is 8.15. The van der Waals surface area contributed by atoms with Gasteiger partial charge in [0, 0.05) is 11.3 Å². The first kappa shape index (κ1) is 18.9. The van der Waals surface area contributed by atoms with E-state index in [-0.39, 0.29) is 11.6 Å². The molecule has 0 saturated heterocycles. The van der Waals surface area contributed by atoms with Gasteiger partial charge in [0.25, 0.3) is 0 Å². The Hall–Kier alpha value is -2.47. The number of hydrogen-bond acceptors (Lipinski definition) is 3. The summed E-state index contributed by atoms with van der Waals surface area (Å²) in [7, 11) is 3.16. The molecule has 0 aliphatic rings. The standard InChI is InChI=1S/C19H23FN2O3/c1-11-16(19(24)25-5)12(2)21-17(11)18(23)13(3)22(4)10-14-8-6-7-9-15(14)20/h6-9,13,21H,10H2,1-5H3/p+1/t13-/m0/s1. The number of nitrogens with one attached hydrogen (secondary N) is 2. The van der Waals surface area contributed by atoms with Crippen molar-refractivity contribution >= 4 is 11.8 Å². The number of ketones is 1. The number of carbonyl (C=O) groups is 2. The number of esters is 1. The summed E-state index contributed by atoms with van der Waals surface area (Å²) in [6.07, 6.45) is 0. The van der Waals surface area contributed by atoms with Crippen molar-refractivity contribution in [2.24, 2.45) is 0 Å². The van der Waals surface area contributed by atoms with Gasteiger partial charge in [-0.05, 0) is 32.4 Å². The average molecular weight is 347 g/mol. The van der Waals surface area contributed by atoms with Crippen molar-refractivity contribution in [1.29, 1.82) is 0 Å². The lowest BCUT2D eigenvalue weighted by atomic mass is 10.0. The summed E-state index contributed by atoms with van der Waals surface area (Å²) in [6.45, 7) is 5.65. The van der Waals surface area contributed by atoms with Crippen molar-refractivity contribution in [3.05, 3.63) is 58.2 Å². The molecule has 1 heterocycles. The Labute approximate surface area is 146 Å². The molecule has 1 aromatic heterocycles. The van der Waals surface area contributed by atoms with Gasteiger partial charge in [-0.15, -0.1) is 0 Å². The molecular weight excluding hydrogens is 323 g/mol. The minimum atomic E-state index is -0.468. The van der Waals surface area contributed by atoms with Crippen LogP contribution in [0, 0.1) is 19.7 Å². The largest absolute Gasteiger partial charge is 0.465 e. The van der Waals surface area contributed by atoms with E-state index in [2.05, 4.69) is 4.98 Å². The number of aromatic nitrogens is 1.